The lowest BCUT2D eigenvalue weighted by atomic mass is 10.2. The summed E-state index contributed by atoms with van der Waals surface area (Å²) in [4.78, 5) is 49.8. The predicted molar refractivity (Wildman–Crippen MR) is 126 cm³/mol. The maximum atomic E-state index is 13.3. The number of carbonyl (C=O) groups excluding carboxylic acids is 1. The first-order valence-corrected chi connectivity index (χ1v) is 11.6. The van der Waals surface area contributed by atoms with Crippen LogP contribution in [0.1, 0.15) is 32.2 Å². The van der Waals surface area contributed by atoms with Crippen LogP contribution < -0.4 is 16.1 Å². The highest BCUT2D eigenvalue weighted by molar-refractivity contribution is 8.00. The average Bonchev–Trinajstić information content (AvgIpc) is 3.18. The number of fused-ring (bicyclic) bond motifs is 2. The third kappa shape index (κ3) is 3.85. The second-order valence-corrected chi connectivity index (χ2v) is 9.88. The van der Waals surface area contributed by atoms with Gasteiger partial charge in [0.1, 0.15) is 16.2 Å². The molecule has 32 heavy (non-hydrogen) atoms. The van der Waals surface area contributed by atoms with E-state index in [0.29, 0.717) is 29.6 Å². The number of carbonyl (C=O) groups is 1. The standard InChI is InChI=1S/C23H27N5O3S/c1-13(2)12-28-19-18(22(30)26(5)23(28)31)20(25-15(4)24-19)32-14(3)21(29)27-11-10-16-8-6-7-9-17(16)27/h6-9,13-14H,10-12H2,1-5H3. The fourth-order valence-electron chi connectivity index (χ4n) is 4.06. The molecule has 8 nitrogen and oxygen atoms in total. The largest absolute Gasteiger partial charge is 0.332 e. The van der Waals surface area contributed by atoms with Crippen LogP contribution >= 0.6 is 11.8 Å². The Morgan fingerprint density at radius 3 is 2.59 bits per heavy atom. The van der Waals surface area contributed by atoms with Gasteiger partial charge in [0.2, 0.25) is 5.91 Å². The molecule has 1 unspecified atom stereocenters. The average molecular weight is 454 g/mol. The molecule has 4 rings (SSSR count). The number of anilines is 1. The lowest BCUT2D eigenvalue weighted by molar-refractivity contribution is -0.117. The lowest BCUT2D eigenvalue weighted by Gasteiger charge is -2.22. The number of rotatable bonds is 5. The van der Waals surface area contributed by atoms with E-state index in [-0.39, 0.29) is 17.2 Å². The minimum absolute atomic E-state index is 0.0308. The second-order valence-electron chi connectivity index (χ2n) is 8.55. The molecule has 168 valence electrons. The van der Waals surface area contributed by atoms with Crippen LogP contribution in [0.15, 0.2) is 38.9 Å². The van der Waals surface area contributed by atoms with Crippen LogP contribution in [0.4, 0.5) is 5.69 Å². The van der Waals surface area contributed by atoms with E-state index >= 15 is 0 Å². The van der Waals surface area contributed by atoms with Crippen molar-refractivity contribution in [3.8, 4) is 0 Å². The summed E-state index contributed by atoms with van der Waals surface area (Å²) in [6, 6.07) is 7.91. The first-order valence-electron chi connectivity index (χ1n) is 10.7. The van der Waals surface area contributed by atoms with Crippen LogP contribution in [0.3, 0.4) is 0 Å². The molecule has 0 saturated heterocycles. The highest BCUT2D eigenvalue weighted by Crippen LogP contribution is 2.32. The van der Waals surface area contributed by atoms with Gasteiger partial charge in [0.15, 0.2) is 5.65 Å². The van der Waals surface area contributed by atoms with E-state index in [4.69, 9.17) is 0 Å². The van der Waals surface area contributed by atoms with Gasteiger partial charge in [-0.15, -0.1) is 0 Å². The van der Waals surface area contributed by atoms with Gasteiger partial charge in [0, 0.05) is 25.8 Å². The van der Waals surface area contributed by atoms with Crippen LogP contribution in [-0.2, 0) is 24.8 Å². The summed E-state index contributed by atoms with van der Waals surface area (Å²) in [5.41, 5.74) is 1.58. The van der Waals surface area contributed by atoms with Crippen LogP contribution in [0.25, 0.3) is 11.0 Å². The van der Waals surface area contributed by atoms with Crippen molar-refractivity contribution in [1.82, 2.24) is 19.1 Å². The third-order valence-corrected chi connectivity index (χ3v) is 6.67. The third-order valence-electron chi connectivity index (χ3n) is 5.60. The summed E-state index contributed by atoms with van der Waals surface area (Å²) < 4.78 is 2.63. The van der Waals surface area contributed by atoms with E-state index in [1.54, 1.807) is 11.8 Å². The predicted octanol–water partition coefficient (Wildman–Crippen LogP) is 2.52. The lowest BCUT2D eigenvalue weighted by Crippen LogP contribution is -2.40. The summed E-state index contributed by atoms with van der Waals surface area (Å²) in [6.07, 6.45) is 0.830. The molecule has 3 heterocycles. The van der Waals surface area contributed by atoms with E-state index in [9.17, 15) is 14.4 Å². The van der Waals surface area contributed by atoms with E-state index in [2.05, 4.69) is 9.97 Å². The number of aryl methyl sites for hydroxylation is 1. The maximum Gasteiger partial charge on any atom is 0.332 e. The molecule has 0 fully saturated rings. The van der Waals surface area contributed by atoms with E-state index < -0.39 is 16.5 Å². The van der Waals surface area contributed by atoms with Gasteiger partial charge in [-0.05, 0) is 37.8 Å². The molecule has 0 spiro atoms. The monoisotopic (exact) mass is 453 g/mol. The first kappa shape index (κ1) is 22.3. The fourth-order valence-corrected chi connectivity index (χ4v) is 5.11. The Kier molecular flexibility index (Phi) is 5.94. The normalized spacial score (nSPS) is 14.2. The molecular weight excluding hydrogens is 426 g/mol. The molecule has 0 aliphatic carbocycles. The van der Waals surface area contributed by atoms with Crippen molar-refractivity contribution in [2.75, 3.05) is 11.4 Å². The van der Waals surface area contributed by atoms with Gasteiger partial charge in [0.05, 0.1) is 5.25 Å². The van der Waals surface area contributed by atoms with Crippen molar-refractivity contribution in [1.29, 1.82) is 0 Å². The summed E-state index contributed by atoms with van der Waals surface area (Å²) in [6.45, 7) is 8.63. The molecule has 0 N–H and O–H groups in total. The highest BCUT2D eigenvalue weighted by atomic mass is 32.2. The summed E-state index contributed by atoms with van der Waals surface area (Å²) in [5, 5.41) is 0.248. The van der Waals surface area contributed by atoms with Gasteiger partial charge in [-0.3, -0.25) is 18.7 Å². The number of thioether (sulfide) groups is 1. The Bertz CT molecular complexity index is 1330. The zero-order valence-corrected chi connectivity index (χ0v) is 19.8. The first-order chi connectivity index (χ1) is 15.2. The molecular formula is C23H27N5O3S. The Labute approximate surface area is 190 Å². The molecule has 3 aromatic rings. The summed E-state index contributed by atoms with van der Waals surface area (Å²) in [7, 11) is 1.46. The minimum atomic E-state index is -0.464. The van der Waals surface area contributed by atoms with Crippen molar-refractivity contribution in [3.63, 3.8) is 0 Å². The quantitative estimate of drug-likeness (QED) is 0.436. The number of amides is 1. The van der Waals surface area contributed by atoms with Crippen LogP contribution in [-0.4, -0.2) is 36.8 Å². The second kappa shape index (κ2) is 8.54. The highest BCUT2D eigenvalue weighted by Gasteiger charge is 2.29. The van der Waals surface area contributed by atoms with Gasteiger partial charge in [-0.2, -0.15) is 0 Å². The van der Waals surface area contributed by atoms with E-state index in [0.717, 1.165) is 22.2 Å². The SMILES string of the molecule is Cc1nc(SC(C)C(=O)N2CCc3ccccc32)c2c(=O)n(C)c(=O)n(CC(C)C)c2n1. The summed E-state index contributed by atoms with van der Waals surface area (Å²) in [5.74, 6) is 0.614. The molecule has 1 amide bonds. The molecule has 1 aliphatic rings. The van der Waals surface area contributed by atoms with Gasteiger partial charge in [0.25, 0.3) is 5.56 Å². The van der Waals surface area contributed by atoms with Crippen molar-refractivity contribution in [2.24, 2.45) is 13.0 Å². The van der Waals surface area contributed by atoms with Gasteiger partial charge >= 0.3 is 5.69 Å². The Morgan fingerprint density at radius 1 is 1.16 bits per heavy atom. The van der Waals surface area contributed by atoms with Crippen molar-refractivity contribution < 1.29 is 4.79 Å². The molecule has 1 aliphatic heterocycles. The maximum absolute atomic E-state index is 13.3. The number of nitrogens with zero attached hydrogens (tertiary/aromatic N) is 5. The zero-order valence-electron chi connectivity index (χ0n) is 19.0. The minimum Gasteiger partial charge on any atom is -0.311 e. The molecule has 9 heteroatoms. The topological polar surface area (TPSA) is 90.1 Å². The Morgan fingerprint density at radius 2 is 1.88 bits per heavy atom. The zero-order chi connectivity index (χ0) is 23.2. The van der Waals surface area contributed by atoms with Gasteiger partial charge < -0.3 is 4.90 Å². The number of benzene rings is 1. The molecule has 0 radical (unpaired) electrons. The van der Waals surface area contributed by atoms with Crippen LogP contribution in [0, 0.1) is 12.8 Å². The van der Waals surface area contributed by atoms with Crippen molar-refractivity contribution in [2.45, 2.75) is 50.9 Å². The molecule has 0 bridgehead atoms. The molecule has 0 saturated carbocycles. The van der Waals surface area contributed by atoms with Gasteiger partial charge in [-0.25, -0.2) is 14.8 Å². The van der Waals surface area contributed by atoms with Crippen molar-refractivity contribution >= 4 is 34.4 Å². The van der Waals surface area contributed by atoms with Crippen LogP contribution in [0.5, 0.6) is 0 Å². The smallest absolute Gasteiger partial charge is 0.311 e. The Hall–Kier alpha value is -2.94. The van der Waals surface area contributed by atoms with Crippen molar-refractivity contribution in [3.05, 3.63) is 56.5 Å². The van der Waals surface area contributed by atoms with Gasteiger partial charge in [-0.1, -0.05) is 43.8 Å². The number of hydrogen-bond acceptors (Lipinski definition) is 6. The Balaban J connectivity index is 1.76. The number of aromatic nitrogens is 4. The molecule has 2 aromatic heterocycles. The molecule has 1 aromatic carbocycles. The summed E-state index contributed by atoms with van der Waals surface area (Å²) >= 11 is 1.24. The number of para-hydroxylation sites is 1. The molecule has 1 atom stereocenters. The fraction of sp³-hybridized carbons (Fsp3) is 0.435. The van der Waals surface area contributed by atoms with E-state index in [1.165, 1.54) is 23.4 Å². The van der Waals surface area contributed by atoms with Crippen LogP contribution in [0.2, 0.25) is 0 Å². The number of hydrogen-bond donors (Lipinski definition) is 0. The van der Waals surface area contributed by atoms with E-state index in [1.807, 2.05) is 45.0 Å².